The van der Waals surface area contributed by atoms with E-state index in [1.165, 1.54) is 10.4 Å². The average Bonchev–Trinajstić information content (AvgIpc) is 3.17. The molecule has 8 heteroatoms. The molecule has 26 heavy (non-hydrogen) atoms. The summed E-state index contributed by atoms with van der Waals surface area (Å²) in [6.45, 7) is 0.939. The van der Waals surface area contributed by atoms with Gasteiger partial charge in [-0.25, -0.2) is 8.42 Å². The molecule has 2 aromatic rings. The maximum Gasteiger partial charge on any atom is 0.262 e. The fourth-order valence-electron chi connectivity index (χ4n) is 2.71. The van der Waals surface area contributed by atoms with Crippen molar-refractivity contribution in [2.45, 2.75) is 17.7 Å². The number of para-hydroxylation sites is 1. The van der Waals surface area contributed by atoms with E-state index in [1.54, 1.807) is 24.3 Å². The molecule has 0 radical (unpaired) electrons. The highest BCUT2D eigenvalue weighted by molar-refractivity contribution is 14.1. The maximum absolute atomic E-state index is 12.6. The van der Waals surface area contributed by atoms with E-state index >= 15 is 0 Å². The highest BCUT2D eigenvalue weighted by atomic mass is 127. The van der Waals surface area contributed by atoms with Crippen molar-refractivity contribution in [1.82, 2.24) is 4.31 Å². The number of hydrogen-bond acceptors (Lipinski definition) is 4. The second-order valence-electron chi connectivity index (χ2n) is 5.91. The van der Waals surface area contributed by atoms with Gasteiger partial charge in [0.05, 0.1) is 8.47 Å². The number of halogens is 1. The molecule has 0 saturated carbocycles. The van der Waals surface area contributed by atoms with Crippen LogP contribution in [0.25, 0.3) is 0 Å². The van der Waals surface area contributed by atoms with Crippen LogP contribution in [0.2, 0.25) is 0 Å². The Morgan fingerprint density at radius 2 is 1.85 bits per heavy atom. The summed E-state index contributed by atoms with van der Waals surface area (Å²) in [7, 11) is -3.51. The molecule has 6 nitrogen and oxygen atoms in total. The number of rotatable bonds is 6. The molecule has 1 fully saturated rings. The van der Waals surface area contributed by atoms with Gasteiger partial charge in [-0.2, -0.15) is 4.31 Å². The van der Waals surface area contributed by atoms with Crippen LogP contribution in [0.3, 0.4) is 0 Å². The van der Waals surface area contributed by atoms with Crippen molar-refractivity contribution in [2.24, 2.45) is 0 Å². The Morgan fingerprint density at radius 3 is 2.58 bits per heavy atom. The van der Waals surface area contributed by atoms with Crippen molar-refractivity contribution < 1.29 is 17.9 Å². The summed E-state index contributed by atoms with van der Waals surface area (Å²) in [6.07, 6.45) is 1.76. The molecule has 1 heterocycles. The summed E-state index contributed by atoms with van der Waals surface area (Å²) in [4.78, 5) is 12.3. The van der Waals surface area contributed by atoms with Crippen LogP contribution in [-0.2, 0) is 14.8 Å². The first-order valence-electron chi connectivity index (χ1n) is 8.24. The van der Waals surface area contributed by atoms with Crippen molar-refractivity contribution >= 4 is 44.2 Å². The Hall–Kier alpha value is -1.65. The first kappa shape index (κ1) is 19.1. The lowest BCUT2D eigenvalue weighted by Gasteiger charge is -2.16. The van der Waals surface area contributed by atoms with Crippen LogP contribution in [0.1, 0.15) is 12.8 Å². The van der Waals surface area contributed by atoms with E-state index in [4.69, 9.17) is 4.74 Å². The Morgan fingerprint density at radius 1 is 1.12 bits per heavy atom. The number of nitrogens with zero attached hydrogens (tertiary/aromatic N) is 1. The van der Waals surface area contributed by atoms with Crippen LogP contribution < -0.4 is 10.1 Å². The second-order valence-corrected chi connectivity index (χ2v) is 9.01. The van der Waals surface area contributed by atoms with E-state index in [2.05, 4.69) is 27.9 Å². The van der Waals surface area contributed by atoms with E-state index in [-0.39, 0.29) is 17.4 Å². The van der Waals surface area contributed by atoms with Gasteiger partial charge >= 0.3 is 0 Å². The SMILES string of the molecule is O=C(COc1ccccc1I)Nc1cccc(S(=O)(=O)N2CCCC2)c1. The van der Waals surface area contributed by atoms with Gasteiger partial charge in [0.15, 0.2) is 6.61 Å². The first-order valence-corrected chi connectivity index (χ1v) is 10.8. The van der Waals surface area contributed by atoms with E-state index in [1.807, 2.05) is 18.2 Å². The lowest BCUT2D eigenvalue weighted by Crippen LogP contribution is -2.28. The van der Waals surface area contributed by atoms with Crippen molar-refractivity contribution in [3.8, 4) is 5.75 Å². The zero-order chi connectivity index (χ0) is 18.6. The molecule has 1 N–H and O–H groups in total. The third-order valence-corrected chi connectivity index (χ3v) is 6.80. The summed E-state index contributed by atoms with van der Waals surface area (Å²) >= 11 is 2.13. The van der Waals surface area contributed by atoms with Crippen LogP contribution in [0, 0.1) is 3.57 Å². The summed E-state index contributed by atoms with van der Waals surface area (Å²) in [5.41, 5.74) is 0.432. The molecule has 1 aliphatic rings. The van der Waals surface area contributed by atoms with Crippen LogP contribution in [0.5, 0.6) is 5.75 Å². The van der Waals surface area contributed by atoms with Gasteiger partial charge in [0.25, 0.3) is 5.91 Å². The number of sulfonamides is 1. The third-order valence-electron chi connectivity index (χ3n) is 4.02. The van der Waals surface area contributed by atoms with Crippen molar-refractivity contribution in [2.75, 3.05) is 25.0 Å². The van der Waals surface area contributed by atoms with Crippen LogP contribution >= 0.6 is 22.6 Å². The number of benzene rings is 2. The molecular formula is C18H19IN2O4S. The van der Waals surface area contributed by atoms with Gasteiger partial charge in [-0.1, -0.05) is 18.2 Å². The van der Waals surface area contributed by atoms with Crippen LogP contribution in [-0.4, -0.2) is 38.3 Å². The lowest BCUT2D eigenvalue weighted by atomic mass is 10.3. The molecule has 1 aliphatic heterocycles. The summed E-state index contributed by atoms with van der Waals surface area (Å²) in [6, 6.07) is 13.7. The molecule has 0 aliphatic carbocycles. The predicted molar refractivity (Wildman–Crippen MR) is 108 cm³/mol. The summed E-state index contributed by atoms with van der Waals surface area (Å²) < 4.78 is 33.1. The van der Waals surface area contributed by atoms with Gasteiger partial charge in [-0.15, -0.1) is 0 Å². The van der Waals surface area contributed by atoms with E-state index in [0.717, 1.165) is 16.4 Å². The van der Waals surface area contributed by atoms with Gasteiger partial charge in [0, 0.05) is 18.8 Å². The predicted octanol–water partition coefficient (Wildman–Crippen LogP) is 3.09. The van der Waals surface area contributed by atoms with Gasteiger partial charge in [0.1, 0.15) is 5.75 Å². The molecule has 138 valence electrons. The molecule has 2 aromatic carbocycles. The fourth-order valence-corrected chi connectivity index (χ4v) is 4.82. The molecule has 1 saturated heterocycles. The lowest BCUT2D eigenvalue weighted by molar-refractivity contribution is -0.118. The summed E-state index contributed by atoms with van der Waals surface area (Å²) in [5.74, 6) is 0.286. The Kier molecular flexibility index (Phi) is 6.15. The Balaban J connectivity index is 1.65. The topological polar surface area (TPSA) is 75.7 Å². The minimum Gasteiger partial charge on any atom is -0.483 e. The van der Waals surface area contributed by atoms with Crippen molar-refractivity contribution in [1.29, 1.82) is 0 Å². The van der Waals surface area contributed by atoms with Gasteiger partial charge in [-0.3, -0.25) is 4.79 Å². The number of hydrogen-bond donors (Lipinski definition) is 1. The summed E-state index contributed by atoms with van der Waals surface area (Å²) in [5, 5.41) is 2.69. The van der Waals surface area contributed by atoms with Gasteiger partial charge in [0.2, 0.25) is 10.0 Å². The highest BCUT2D eigenvalue weighted by Crippen LogP contribution is 2.23. The zero-order valence-corrected chi connectivity index (χ0v) is 17.0. The quantitative estimate of drug-likeness (QED) is 0.637. The third kappa shape index (κ3) is 4.54. The Labute approximate surface area is 166 Å². The molecule has 0 spiro atoms. The number of ether oxygens (including phenoxy) is 1. The van der Waals surface area contributed by atoms with Crippen LogP contribution in [0.4, 0.5) is 5.69 Å². The molecule has 0 atom stereocenters. The van der Waals surface area contributed by atoms with E-state index in [9.17, 15) is 13.2 Å². The van der Waals surface area contributed by atoms with E-state index in [0.29, 0.717) is 24.5 Å². The molecular weight excluding hydrogens is 467 g/mol. The first-order chi connectivity index (χ1) is 12.5. The monoisotopic (exact) mass is 486 g/mol. The number of amides is 1. The second kappa shape index (κ2) is 8.36. The van der Waals surface area contributed by atoms with Crippen molar-refractivity contribution in [3.63, 3.8) is 0 Å². The molecule has 0 aromatic heterocycles. The smallest absolute Gasteiger partial charge is 0.262 e. The molecule has 0 bridgehead atoms. The highest BCUT2D eigenvalue weighted by Gasteiger charge is 2.27. The molecule has 1 amide bonds. The Bertz CT molecular complexity index is 896. The standard InChI is InChI=1S/C18H19IN2O4S/c19-16-8-1-2-9-17(16)25-13-18(22)20-14-6-5-7-15(12-14)26(23,24)21-10-3-4-11-21/h1-2,5-9,12H,3-4,10-11,13H2,(H,20,22). The normalized spacial score (nSPS) is 15.0. The average molecular weight is 486 g/mol. The maximum atomic E-state index is 12.6. The number of carbonyl (C=O) groups excluding carboxylic acids is 1. The van der Waals surface area contributed by atoms with Gasteiger partial charge < -0.3 is 10.1 Å². The molecule has 3 rings (SSSR count). The zero-order valence-electron chi connectivity index (χ0n) is 14.0. The van der Waals surface area contributed by atoms with E-state index < -0.39 is 10.0 Å². The minimum absolute atomic E-state index is 0.150. The van der Waals surface area contributed by atoms with Crippen molar-refractivity contribution in [3.05, 3.63) is 52.1 Å². The number of carbonyl (C=O) groups is 1. The minimum atomic E-state index is -3.51. The fraction of sp³-hybridized carbons (Fsp3) is 0.278. The number of nitrogens with one attached hydrogen (secondary N) is 1. The molecule has 0 unspecified atom stereocenters. The number of anilines is 1. The largest absolute Gasteiger partial charge is 0.483 e. The van der Waals surface area contributed by atoms with Crippen LogP contribution in [0.15, 0.2) is 53.4 Å². The van der Waals surface area contributed by atoms with Gasteiger partial charge in [-0.05, 0) is 65.8 Å².